The fourth-order valence-electron chi connectivity index (χ4n) is 2.84. The van der Waals surface area contributed by atoms with E-state index >= 15 is 0 Å². The molecule has 1 radical (unpaired) electrons. The lowest BCUT2D eigenvalue weighted by atomic mass is 9.68. The number of hydrogen-bond donors (Lipinski definition) is 2. The van der Waals surface area contributed by atoms with Gasteiger partial charge in [0.25, 0.3) is 0 Å². The van der Waals surface area contributed by atoms with Crippen LogP contribution in [0, 0.1) is 30.1 Å². The summed E-state index contributed by atoms with van der Waals surface area (Å²) in [5.41, 5.74) is 0. The Hall–Kier alpha value is -0.0800. The molecule has 0 heterocycles. The molecule has 15 heavy (non-hydrogen) atoms. The largest absolute Gasteiger partial charge is 0.394 e. The van der Waals surface area contributed by atoms with E-state index in [2.05, 4.69) is 20.8 Å². The Morgan fingerprint density at radius 2 is 2.00 bits per heavy atom. The van der Waals surface area contributed by atoms with E-state index in [-0.39, 0.29) is 6.61 Å². The molecule has 2 N–H and O–H groups in total. The average molecular weight is 213 g/mol. The van der Waals surface area contributed by atoms with E-state index in [0.717, 1.165) is 5.92 Å². The molecule has 4 unspecified atom stereocenters. The van der Waals surface area contributed by atoms with Crippen LogP contribution in [0.3, 0.4) is 0 Å². The van der Waals surface area contributed by atoms with Crippen LogP contribution in [0.4, 0.5) is 0 Å². The van der Waals surface area contributed by atoms with Crippen LogP contribution in [-0.4, -0.2) is 22.9 Å². The molecule has 2 nitrogen and oxygen atoms in total. The molecule has 0 spiro atoms. The van der Waals surface area contributed by atoms with Gasteiger partial charge >= 0.3 is 0 Å². The number of hydrogen-bond acceptors (Lipinski definition) is 2. The maximum atomic E-state index is 9.49. The molecule has 1 fully saturated rings. The van der Waals surface area contributed by atoms with Gasteiger partial charge in [-0.15, -0.1) is 0 Å². The topological polar surface area (TPSA) is 40.5 Å². The zero-order valence-electron chi connectivity index (χ0n) is 10.2. The highest BCUT2D eigenvalue weighted by atomic mass is 16.3. The lowest BCUT2D eigenvalue weighted by Gasteiger charge is -2.38. The highest BCUT2D eigenvalue weighted by Gasteiger charge is 2.31. The van der Waals surface area contributed by atoms with E-state index in [1.807, 2.05) is 6.42 Å². The third-order valence-electron chi connectivity index (χ3n) is 3.73. The van der Waals surface area contributed by atoms with E-state index in [0.29, 0.717) is 17.8 Å². The predicted molar refractivity (Wildman–Crippen MR) is 62.2 cm³/mol. The summed E-state index contributed by atoms with van der Waals surface area (Å²) >= 11 is 0. The Bertz CT molecular complexity index is 179. The van der Waals surface area contributed by atoms with Gasteiger partial charge in [0.2, 0.25) is 0 Å². The summed E-state index contributed by atoms with van der Waals surface area (Å²) in [7, 11) is 0. The third-order valence-corrected chi connectivity index (χ3v) is 3.73. The summed E-state index contributed by atoms with van der Waals surface area (Å²) in [6.07, 6.45) is 5.06. The van der Waals surface area contributed by atoms with Gasteiger partial charge in [-0.25, -0.2) is 0 Å². The first-order valence-corrected chi connectivity index (χ1v) is 6.18. The van der Waals surface area contributed by atoms with Crippen molar-refractivity contribution in [3.8, 4) is 0 Å². The van der Waals surface area contributed by atoms with E-state index < -0.39 is 6.10 Å². The normalized spacial score (nSPS) is 34.4. The van der Waals surface area contributed by atoms with Crippen molar-refractivity contribution in [2.24, 2.45) is 23.7 Å². The van der Waals surface area contributed by atoms with E-state index in [9.17, 15) is 5.11 Å². The van der Waals surface area contributed by atoms with Crippen LogP contribution in [0.15, 0.2) is 0 Å². The molecule has 1 saturated carbocycles. The second-order valence-corrected chi connectivity index (χ2v) is 5.43. The van der Waals surface area contributed by atoms with Gasteiger partial charge in [0.15, 0.2) is 0 Å². The molecule has 0 aromatic heterocycles. The lowest BCUT2D eigenvalue weighted by molar-refractivity contribution is 0.0831. The quantitative estimate of drug-likeness (QED) is 0.752. The third kappa shape index (κ3) is 3.76. The van der Waals surface area contributed by atoms with E-state index in [1.165, 1.54) is 19.3 Å². The van der Waals surface area contributed by atoms with E-state index in [1.54, 1.807) is 0 Å². The van der Waals surface area contributed by atoms with Crippen molar-refractivity contribution < 1.29 is 10.2 Å². The summed E-state index contributed by atoms with van der Waals surface area (Å²) < 4.78 is 0. The monoisotopic (exact) mass is 213 g/mol. The van der Waals surface area contributed by atoms with Crippen molar-refractivity contribution in [3.63, 3.8) is 0 Å². The Kier molecular flexibility index (Phi) is 5.07. The molecule has 2 heteroatoms. The smallest absolute Gasteiger partial charge is 0.0805 e. The molecule has 1 rings (SSSR count). The molecule has 1 aliphatic rings. The average Bonchev–Trinajstić information content (AvgIpc) is 2.17. The molecule has 89 valence electrons. The SMILES string of the molecule is CC1CCC(C(C)C)C([CH]C(O)CO)C1. The maximum Gasteiger partial charge on any atom is 0.0805 e. The van der Waals surface area contributed by atoms with E-state index in [4.69, 9.17) is 5.11 Å². The minimum absolute atomic E-state index is 0.143. The molecule has 0 aliphatic heterocycles. The van der Waals surface area contributed by atoms with Crippen molar-refractivity contribution in [1.29, 1.82) is 0 Å². The molecular formula is C13H25O2. The van der Waals surface area contributed by atoms with Crippen molar-refractivity contribution in [2.45, 2.75) is 46.1 Å². The second kappa shape index (κ2) is 5.86. The first-order chi connectivity index (χ1) is 7.04. The molecule has 0 aromatic rings. The molecule has 4 atom stereocenters. The van der Waals surface area contributed by atoms with Crippen molar-refractivity contribution in [2.75, 3.05) is 6.61 Å². The van der Waals surface area contributed by atoms with Gasteiger partial charge in [0, 0.05) is 0 Å². The zero-order valence-corrected chi connectivity index (χ0v) is 10.2. The fourth-order valence-corrected chi connectivity index (χ4v) is 2.84. The van der Waals surface area contributed by atoms with Crippen LogP contribution in [0.25, 0.3) is 0 Å². The van der Waals surface area contributed by atoms with Crippen LogP contribution in [0.2, 0.25) is 0 Å². The highest BCUT2D eigenvalue weighted by molar-refractivity contribution is 4.92. The number of rotatable bonds is 4. The minimum Gasteiger partial charge on any atom is -0.394 e. The summed E-state index contributed by atoms with van der Waals surface area (Å²) in [6, 6.07) is 0. The van der Waals surface area contributed by atoms with Crippen LogP contribution in [-0.2, 0) is 0 Å². The van der Waals surface area contributed by atoms with Gasteiger partial charge in [-0.05, 0) is 42.9 Å². The molecule has 1 aliphatic carbocycles. The van der Waals surface area contributed by atoms with Gasteiger partial charge < -0.3 is 10.2 Å². The molecule has 0 amide bonds. The van der Waals surface area contributed by atoms with Gasteiger partial charge in [-0.2, -0.15) is 0 Å². The Morgan fingerprint density at radius 3 is 2.53 bits per heavy atom. The second-order valence-electron chi connectivity index (χ2n) is 5.43. The lowest BCUT2D eigenvalue weighted by Crippen LogP contribution is -2.32. The van der Waals surface area contributed by atoms with Crippen LogP contribution in [0.5, 0.6) is 0 Å². The number of aliphatic hydroxyl groups excluding tert-OH is 2. The zero-order chi connectivity index (χ0) is 11.4. The number of aliphatic hydroxyl groups is 2. The van der Waals surface area contributed by atoms with Crippen molar-refractivity contribution in [1.82, 2.24) is 0 Å². The highest BCUT2D eigenvalue weighted by Crippen LogP contribution is 2.39. The summed E-state index contributed by atoms with van der Waals surface area (Å²) in [5.74, 6) is 2.59. The standard InChI is InChI=1S/C13H25O2/c1-9(2)13-5-4-10(3)6-11(13)7-12(15)8-14/h7,9-15H,4-6,8H2,1-3H3. The Labute approximate surface area is 93.7 Å². The maximum absolute atomic E-state index is 9.49. The minimum atomic E-state index is -0.637. The predicted octanol–water partition coefficient (Wildman–Crippen LogP) is 2.25. The van der Waals surface area contributed by atoms with Gasteiger partial charge in [-0.3, -0.25) is 0 Å². The van der Waals surface area contributed by atoms with Gasteiger partial charge in [0.05, 0.1) is 12.7 Å². The molecule has 0 aromatic carbocycles. The molecule has 0 saturated heterocycles. The van der Waals surface area contributed by atoms with Gasteiger partial charge in [0.1, 0.15) is 0 Å². The summed E-state index contributed by atoms with van der Waals surface area (Å²) in [6.45, 7) is 6.65. The fraction of sp³-hybridized carbons (Fsp3) is 0.923. The van der Waals surface area contributed by atoms with Crippen molar-refractivity contribution >= 4 is 0 Å². The molecular weight excluding hydrogens is 188 g/mol. The molecule has 0 bridgehead atoms. The van der Waals surface area contributed by atoms with Gasteiger partial charge in [-0.1, -0.05) is 27.2 Å². The Balaban J connectivity index is 2.54. The van der Waals surface area contributed by atoms with Crippen LogP contribution >= 0.6 is 0 Å². The summed E-state index contributed by atoms with van der Waals surface area (Å²) in [5, 5.41) is 18.4. The Morgan fingerprint density at radius 1 is 1.33 bits per heavy atom. The van der Waals surface area contributed by atoms with Crippen LogP contribution in [0.1, 0.15) is 40.0 Å². The first kappa shape index (κ1) is 13.0. The summed E-state index contributed by atoms with van der Waals surface area (Å²) in [4.78, 5) is 0. The first-order valence-electron chi connectivity index (χ1n) is 6.18. The van der Waals surface area contributed by atoms with Crippen molar-refractivity contribution in [3.05, 3.63) is 6.42 Å². The van der Waals surface area contributed by atoms with Crippen LogP contribution < -0.4 is 0 Å².